The van der Waals surface area contributed by atoms with Crippen molar-refractivity contribution in [3.8, 4) is 0 Å². The summed E-state index contributed by atoms with van der Waals surface area (Å²) in [6.45, 7) is 3.70. The first-order valence-electron chi connectivity index (χ1n) is 4.51. The van der Waals surface area contributed by atoms with E-state index in [1.165, 1.54) is 18.2 Å². The summed E-state index contributed by atoms with van der Waals surface area (Å²) in [6, 6.07) is 4.38. The van der Waals surface area contributed by atoms with E-state index in [2.05, 4.69) is 0 Å². The molecule has 1 rings (SSSR count). The van der Waals surface area contributed by atoms with Crippen LogP contribution in [0.15, 0.2) is 18.2 Å². The van der Waals surface area contributed by atoms with Crippen LogP contribution in [0.5, 0.6) is 0 Å². The van der Waals surface area contributed by atoms with Gasteiger partial charge in [-0.25, -0.2) is 0 Å². The van der Waals surface area contributed by atoms with Gasteiger partial charge in [0.1, 0.15) is 0 Å². The van der Waals surface area contributed by atoms with Gasteiger partial charge >= 0.3 is 0 Å². The van der Waals surface area contributed by atoms with Gasteiger partial charge < -0.3 is 5.73 Å². The number of rotatable bonds is 3. The van der Waals surface area contributed by atoms with Gasteiger partial charge in [-0.1, -0.05) is 11.6 Å². The molecule has 15 heavy (non-hydrogen) atoms. The topological polar surface area (TPSA) is 69.2 Å². The first-order valence-corrected chi connectivity index (χ1v) is 4.89. The van der Waals surface area contributed by atoms with Gasteiger partial charge in [0.25, 0.3) is 5.69 Å². The molecule has 0 bridgehead atoms. The Morgan fingerprint density at radius 1 is 1.53 bits per heavy atom. The predicted octanol–water partition coefficient (Wildman–Crippen LogP) is 2.53. The van der Waals surface area contributed by atoms with E-state index in [1.807, 2.05) is 13.8 Å². The number of halogens is 1. The predicted molar refractivity (Wildman–Crippen MR) is 60.1 cm³/mol. The van der Waals surface area contributed by atoms with E-state index in [0.29, 0.717) is 17.0 Å². The van der Waals surface area contributed by atoms with Gasteiger partial charge in [0.05, 0.1) is 4.92 Å². The van der Waals surface area contributed by atoms with Crippen molar-refractivity contribution in [1.29, 1.82) is 0 Å². The van der Waals surface area contributed by atoms with Crippen LogP contribution in [0.25, 0.3) is 0 Å². The molecule has 1 aromatic rings. The molecule has 2 N–H and O–H groups in total. The number of nitro benzene ring substituents is 1. The van der Waals surface area contributed by atoms with Crippen molar-refractivity contribution in [3.63, 3.8) is 0 Å². The Balaban J connectivity index is 3.06. The number of benzene rings is 1. The zero-order valence-electron chi connectivity index (χ0n) is 8.66. The lowest BCUT2D eigenvalue weighted by Crippen LogP contribution is -2.34. The molecule has 1 aromatic carbocycles. The Bertz CT molecular complexity index is 385. The fourth-order valence-corrected chi connectivity index (χ4v) is 1.49. The van der Waals surface area contributed by atoms with Gasteiger partial charge in [0, 0.05) is 22.7 Å². The van der Waals surface area contributed by atoms with Crippen LogP contribution >= 0.6 is 11.6 Å². The molecular weight excluding hydrogens is 216 g/mol. The highest BCUT2D eigenvalue weighted by Gasteiger charge is 2.16. The summed E-state index contributed by atoms with van der Waals surface area (Å²) in [5.41, 5.74) is 6.15. The highest BCUT2D eigenvalue weighted by Crippen LogP contribution is 2.24. The second-order valence-corrected chi connectivity index (χ2v) is 4.61. The average molecular weight is 229 g/mol. The van der Waals surface area contributed by atoms with Crippen LogP contribution in [0.2, 0.25) is 5.02 Å². The summed E-state index contributed by atoms with van der Waals surface area (Å²) < 4.78 is 0. The molecule has 0 aliphatic rings. The maximum absolute atomic E-state index is 10.6. The molecule has 0 fully saturated rings. The lowest BCUT2D eigenvalue weighted by atomic mass is 9.96. The second-order valence-electron chi connectivity index (χ2n) is 4.20. The van der Waals surface area contributed by atoms with Gasteiger partial charge in [-0.15, -0.1) is 0 Å². The monoisotopic (exact) mass is 228 g/mol. The van der Waals surface area contributed by atoms with Crippen molar-refractivity contribution in [3.05, 3.63) is 38.9 Å². The lowest BCUT2D eigenvalue weighted by Gasteiger charge is -2.18. The van der Waals surface area contributed by atoms with Gasteiger partial charge in [0.15, 0.2) is 0 Å². The lowest BCUT2D eigenvalue weighted by molar-refractivity contribution is -0.384. The molecule has 0 aliphatic carbocycles. The van der Waals surface area contributed by atoms with Crippen molar-refractivity contribution >= 4 is 17.3 Å². The zero-order valence-corrected chi connectivity index (χ0v) is 9.41. The molecular formula is C10H13ClN2O2. The van der Waals surface area contributed by atoms with Crippen LogP contribution < -0.4 is 5.73 Å². The van der Waals surface area contributed by atoms with E-state index in [0.717, 1.165) is 0 Å². The molecule has 0 aromatic heterocycles. The van der Waals surface area contributed by atoms with Crippen molar-refractivity contribution in [2.75, 3.05) is 0 Å². The largest absolute Gasteiger partial charge is 0.325 e. The molecule has 0 atom stereocenters. The molecule has 0 aliphatic heterocycles. The van der Waals surface area contributed by atoms with Gasteiger partial charge in [0.2, 0.25) is 0 Å². The smallest absolute Gasteiger partial charge is 0.269 e. The number of hydrogen-bond donors (Lipinski definition) is 1. The maximum Gasteiger partial charge on any atom is 0.269 e. The third-order valence-corrected chi connectivity index (χ3v) is 2.25. The number of nitro groups is 1. The van der Waals surface area contributed by atoms with Gasteiger partial charge in [-0.3, -0.25) is 10.1 Å². The third-order valence-electron chi connectivity index (χ3n) is 1.89. The van der Waals surface area contributed by atoms with Crippen LogP contribution in [0.3, 0.4) is 0 Å². The molecule has 0 saturated carbocycles. The molecule has 4 nitrogen and oxygen atoms in total. The van der Waals surface area contributed by atoms with Crippen molar-refractivity contribution in [1.82, 2.24) is 0 Å². The Kier molecular flexibility index (Phi) is 3.31. The van der Waals surface area contributed by atoms with E-state index in [9.17, 15) is 10.1 Å². The number of nitrogens with zero attached hydrogens (tertiary/aromatic N) is 1. The quantitative estimate of drug-likeness (QED) is 0.639. The number of nitrogens with two attached hydrogens (primary N) is 1. The minimum Gasteiger partial charge on any atom is -0.325 e. The Morgan fingerprint density at radius 3 is 2.60 bits per heavy atom. The molecule has 82 valence electrons. The molecule has 5 heteroatoms. The highest BCUT2D eigenvalue weighted by molar-refractivity contribution is 6.31. The number of non-ortho nitro benzene ring substituents is 1. The van der Waals surface area contributed by atoms with Crippen molar-refractivity contribution in [2.24, 2.45) is 5.73 Å². The highest BCUT2D eigenvalue weighted by atomic mass is 35.5. The minimum absolute atomic E-state index is 0.0404. The summed E-state index contributed by atoms with van der Waals surface area (Å²) in [4.78, 5) is 10.1. The van der Waals surface area contributed by atoms with Crippen molar-refractivity contribution in [2.45, 2.75) is 25.8 Å². The van der Waals surface area contributed by atoms with E-state index >= 15 is 0 Å². The minimum atomic E-state index is -0.441. The molecule has 0 radical (unpaired) electrons. The average Bonchev–Trinajstić information content (AvgIpc) is 2.06. The first kappa shape index (κ1) is 11.9. The van der Waals surface area contributed by atoms with Gasteiger partial charge in [-0.2, -0.15) is 0 Å². The number of hydrogen-bond acceptors (Lipinski definition) is 3. The van der Waals surface area contributed by atoms with E-state index < -0.39 is 10.5 Å². The van der Waals surface area contributed by atoms with Crippen molar-refractivity contribution < 1.29 is 4.92 Å². The SMILES string of the molecule is CC(C)(N)Cc1cc([N+](=O)[O-])ccc1Cl. The molecule has 0 spiro atoms. The van der Waals surface area contributed by atoms with Gasteiger partial charge in [-0.05, 0) is 31.9 Å². The normalized spacial score (nSPS) is 11.5. The van der Waals surface area contributed by atoms with Crippen LogP contribution in [-0.4, -0.2) is 10.5 Å². The van der Waals surface area contributed by atoms with E-state index in [1.54, 1.807) is 0 Å². The maximum atomic E-state index is 10.6. The molecule has 0 heterocycles. The van der Waals surface area contributed by atoms with E-state index in [4.69, 9.17) is 17.3 Å². The summed E-state index contributed by atoms with van der Waals surface area (Å²) in [5.74, 6) is 0. The molecule has 0 amide bonds. The van der Waals surface area contributed by atoms with Crippen LogP contribution in [0.1, 0.15) is 19.4 Å². The van der Waals surface area contributed by atoms with Crippen LogP contribution in [-0.2, 0) is 6.42 Å². The Hall–Kier alpha value is -1.13. The Labute approximate surface area is 93.2 Å². The first-order chi connectivity index (χ1) is 6.79. The third kappa shape index (κ3) is 3.49. The standard InChI is InChI=1S/C10H13ClN2O2/c1-10(2,12)6-7-5-8(13(14)15)3-4-9(7)11/h3-5H,6,12H2,1-2H3. The van der Waals surface area contributed by atoms with Crippen LogP contribution in [0, 0.1) is 10.1 Å². The molecule has 0 unspecified atom stereocenters. The summed E-state index contributed by atoms with van der Waals surface area (Å²) in [5, 5.41) is 11.1. The summed E-state index contributed by atoms with van der Waals surface area (Å²) in [7, 11) is 0. The summed E-state index contributed by atoms with van der Waals surface area (Å²) >= 11 is 5.93. The Morgan fingerprint density at radius 2 is 2.13 bits per heavy atom. The molecule has 0 saturated heterocycles. The fraction of sp³-hybridized carbons (Fsp3) is 0.400. The van der Waals surface area contributed by atoms with E-state index in [-0.39, 0.29) is 5.69 Å². The second kappa shape index (κ2) is 4.16. The summed E-state index contributed by atoms with van der Waals surface area (Å²) in [6.07, 6.45) is 0.507. The zero-order chi connectivity index (χ0) is 11.6. The fourth-order valence-electron chi connectivity index (χ4n) is 1.30. The van der Waals surface area contributed by atoms with Crippen LogP contribution in [0.4, 0.5) is 5.69 Å².